The van der Waals surface area contributed by atoms with Crippen LogP contribution in [0.5, 0.6) is 5.75 Å². The van der Waals surface area contributed by atoms with Crippen LogP contribution in [0.1, 0.15) is 0 Å². The Morgan fingerprint density at radius 1 is 1.03 bits per heavy atom. The van der Waals surface area contributed by atoms with Gasteiger partial charge in [-0.2, -0.15) is 0 Å². The quantitative estimate of drug-likeness (QED) is 0.319. The fraction of sp³-hybridized carbons (Fsp3) is 0.0417. The summed E-state index contributed by atoms with van der Waals surface area (Å²) in [4.78, 5) is 8.50. The Labute approximate surface area is 204 Å². The molecule has 5 rings (SSSR count). The molecule has 176 valence electrons. The Kier molecular flexibility index (Phi) is 5.83. The van der Waals surface area contributed by atoms with Crippen LogP contribution < -0.4 is 9.46 Å². The van der Waals surface area contributed by atoms with Crippen LogP contribution in [-0.4, -0.2) is 30.7 Å². The number of hydrogen-bond acceptors (Lipinski definition) is 7. The highest BCUT2D eigenvalue weighted by molar-refractivity contribution is 7.92. The lowest BCUT2D eigenvalue weighted by atomic mass is 9.99. The zero-order valence-corrected chi connectivity index (χ0v) is 19.6. The zero-order valence-electron chi connectivity index (χ0n) is 18.1. The third-order valence-corrected chi connectivity index (χ3v) is 6.86. The second kappa shape index (κ2) is 8.97. The zero-order chi connectivity index (χ0) is 24.6. The van der Waals surface area contributed by atoms with Crippen LogP contribution in [0.25, 0.3) is 33.3 Å². The Bertz CT molecular complexity index is 1660. The minimum Gasteiger partial charge on any atom is -0.496 e. The van der Waals surface area contributed by atoms with E-state index in [0.29, 0.717) is 44.1 Å². The summed E-state index contributed by atoms with van der Waals surface area (Å²) >= 11 is 6.07. The van der Waals surface area contributed by atoms with E-state index in [4.69, 9.17) is 16.3 Å². The van der Waals surface area contributed by atoms with Gasteiger partial charge in [0.05, 0.1) is 23.2 Å². The van der Waals surface area contributed by atoms with Gasteiger partial charge in [0.1, 0.15) is 24.2 Å². The van der Waals surface area contributed by atoms with Crippen molar-refractivity contribution >= 4 is 38.3 Å². The van der Waals surface area contributed by atoms with Crippen LogP contribution in [0.15, 0.2) is 82.7 Å². The van der Waals surface area contributed by atoms with Gasteiger partial charge in [-0.25, -0.2) is 22.8 Å². The van der Waals surface area contributed by atoms with E-state index < -0.39 is 15.8 Å². The van der Waals surface area contributed by atoms with Gasteiger partial charge in [0.25, 0.3) is 10.0 Å². The molecule has 0 aliphatic rings. The first-order valence-corrected chi connectivity index (χ1v) is 12.0. The SMILES string of the molecule is COc1cc(-c2cccc(Cl)c2)c(F)cc1-c1ncnc2cc(S(=O)(=O)Nc3ccon3)ccc12. The number of anilines is 1. The van der Waals surface area contributed by atoms with E-state index in [0.717, 1.165) is 0 Å². The molecule has 1 N–H and O–H groups in total. The Morgan fingerprint density at radius 3 is 2.63 bits per heavy atom. The maximum atomic E-state index is 15.2. The molecule has 3 aromatic carbocycles. The molecule has 8 nitrogen and oxygen atoms in total. The topological polar surface area (TPSA) is 107 Å². The van der Waals surface area contributed by atoms with E-state index in [-0.39, 0.29) is 10.7 Å². The molecule has 0 unspecified atom stereocenters. The molecule has 2 heterocycles. The molecule has 0 aliphatic heterocycles. The largest absolute Gasteiger partial charge is 0.496 e. The number of hydrogen-bond donors (Lipinski definition) is 1. The molecule has 0 amide bonds. The van der Waals surface area contributed by atoms with Gasteiger partial charge in [0.15, 0.2) is 5.82 Å². The number of aromatic nitrogens is 3. The van der Waals surface area contributed by atoms with Gasteiger partial charge >= 0.3 is 0 Å². The average Bonchev–Trinajstić information content (AvgIpc) is 3.35. The molecule has 2 aromatic heterocycles. The van der Waals surface area contributed by atoms with Crippen molar-refractivity contribution in [1.29, 1.82) is 0 Å². The first-order chi connectivity index (χ1) is 16.9. The highest BCUT2D eigenvalue weighted by Crippen LogP contribution is 2.38. The highest BCUT2D eigenvalue weighted by atomic mass is 35.5. The normalized spacial score (nSPS) is 11.5. The van der Waals surface area contributed by atoms with E-state index in [9.17, 15) is 8.42 Å². The van der Waals surface area contributed by atoms with Gasteiger partial charge in [-0.05, 0) is 48.0 Å². The third-order valence-electron chi connectivity index (χ3n) is 5.27. The van der Waals surface area contributed by atoms with E-state index in [1.165, 1.54) is 44.0 Å². The van der Waals surface area contributed by atoms with Gasteiger partial charge < -0.3 is 9.26 Å². The summed E-state index contributed by atoms with van der Waals surface area (Å²) in [7, 11) is -2.47. The predicted octanol–water partition coefficient (Wildman–Crippen LogP) is 5.55. The van der Waals surface area contributed by atoms with Crippen LogP contribution in [0.3, 0.4) is 0 Å². The van der Waals surface area contributed by atoms with Crippen LogP contribution >= 0.6 is 11.6 Å². The number of ether oxygens (including phenoxy) is 1. The lowest BCUT2D eigenvalue weighted by Gasteiger charge is -2.14. The molecule has 0 aliphatic carbocycles. The number of fused-ring (bicyclic) bond motifs is 1. The molecule has 0 atom stereocenters. The second-order valence-electron chi connectivity index (χ2n) is 7.43. The van der Waals surface area contributed by atoms with Crippen molar-refractivity contribution in [2.45, 2.75) is 4.90 Å². The van der Waals surface area contributed by atoms with Crippen LogP contribution in [0.2, 0.25) is 5.02 Å². The first kappa shape index (κ1) is 22.8. The van der Waals surface area contributed by atoms with E-state index in [1.54, 1.807) is 36.4 Å². The minimum absolute atomic E-state index is 0.0351. The van der Waals surface area contributed by atoms with Crippen molar-refractivity contribution in [1.82, 2.24) is 15.1 Å². The van der Waals surface area contributed by atoms with Crippen molar-refractivity contribution in [3.8, 4) is 28.1 Å². The maximum absolute atomic E-state index is 15.2. The number of halogens is 2. The molecule has 5 aromatic rings. The van der Waals surface area contributed by atoms with Gasteiger partial charge in [-0.1, -0.05) is 28.9 Å². The van der Waals surface area contributed by atoms with E-state index in [1.807, 2.05) is 0 Å². The predicted molar refractivity (Wildman–Crippen MR) is 129 cm³/mol. The summed E-state index contributed by atoms with van der Waals surface area (Å²) in [6.07, 6.45) is 2.53. The molecular weight excluding hydrogens is 495 g/mol. The number of nitrogens with one attached hydrogen (secondary N) is 1. The lowest BCUT2D eigenvalue weighted by Crippen LogP contribution is -2.13. The highest BCUT2D eigenvalue weighted by Gasteiger charge is 2.20. The van der Waals surface area contributed by atoms with Crippen molar-refractivity contribution < 1.29 is 22.1 Å². The smallest absolute Gasteiger partial charge is 0.263 e. The van der Waals surface area contributed by atoms with E-state index in [2.05, 4.69) is 24.4 Å². The second-order valence-corrected chi connectivity index (χ2v) is 9.55. The number of rotatable bonds is 6. The van der Waals surface area contributed by atoms with Crippen molar-refractivity contribution in [2.75, 3.05) is 11.8 Å². The summed E-state index contributed by atoms with van der Waals surface area (Å²) in [5, 5.41) is 4.55. The summed E-state index contributed by atoms with van der Waals surface area (Å²) in [6.45, 7) is 0. The number of benzene rings is 3. The van der Waals surface area contributed by atoms with Crippen LogP contribution in [-0.2, 0) is 10.0 Å². The summed E-state index contributed by atoms with van der Waals surface area (Å²) in [6, 6.07) is 15.5. The van der Waals surface area contributed by atoms with Gasteiger partial charge in [0, 0.05) is 27.6 Å². The van der Waals surface area contributed by atoms with Gasteiger partial charge in [-0.15, -0.1) is 0 Å². The molecular formula is C24H16ClFN4O4S. The van der Waals surface area contributed by atoms with Crippen LogP contribution in [0.4, 0.5) is 10.2 Å². The van der Waals surface area contributed by atoms with Gasteiger partial charge in [-0.3, -0.25) is 4.72 Å². The monoisotopic (exact) mass is 510 g/mol. The standard InChI is InChI=1S/C24H16ClFN4O4S/c1-33-22-12-18(14-3-2-4-15(25)9-14)20(26)11-19(22)24-17-6-5-16(10-21(17)27-13-28-24)35(31,32)30-23-7-8-34-29-23/h2-13H,1H3,(H,29,30). The lowest BCUT2D eigenvalue weighted by molar-refractivity contribution is 0.415. The number of nitrogens with zero attached hydrogens (tertiary/aromatic N) is 3. The molecule has 0 bridgehead atoms. The van der Waals surface area contributed by atoms with E-state index >= 15 is 4.39 Å². The summed E-state index contributed by atoms with van der Waals surface area (Å²) in [5.74, 6) is -0.0647. The first-order valence-electron chi connectivity index (χ1n) is 10.2. The Balaban J connectivity index is 1.60. The van der Waals surface area contributed by atoms with Gasteiger partial charge in [0.2, 0.25) is 0 Å². The summed E-state index contributed by atoms with van der Waals surface area (Å²) in [5.41, 5.74) is 2.04. The van der Waals surface area contributed by atoms with Crippen LogP contribution in [0, 0.1) is 5.82 Å². The molecule has 0 saturated heterocycles. The average molecular weight is 511 g/mol. The molecule has 0 saturated carbocycles. The van der Waals surface area contributed by atoms with Crippen molar-refractivity contribution in [3.05, 3.63) is 84.1 Å². The fourth-order valence-corrected chi connectivity index (χ4v) is 4.87. The molecule has 11 heteroatoms. The molecule has 0 spiro atoms. The number of methoxy groups -OCH3 is 1. The molecule has 35 heavy (non-hydrogen) atoms. The number of sulfonamides is 1. The molecule has 0 radical (unpaired) electrons. The maximum Gasteiger partial charge on any atom is 0.263 e. The van der Waals surface area contributed by atoms with Crippen molar-refractivity contribution in [2.24, 2.45) is 0 Å². The fourth-order valence-electron chi connectivity index (χ4n) is 3.66. The van der Waals surface area contributed by atoms with Crippen molar-refractivity contribution in [3.63, 3.8) is 0 Å². The Morgan fingerprint density at radius 2 is 1.89 bits per heavy atom. The minimum atomic E-state index is -3.94. The summed E-state index contributed by atoms with van der Waals surface area (Å²) < 4.78 is 53.2. The molecule has 0 fully saturated rings. The third kappa shape index (κ3) is 4.41. The Hall–Kier alpha value is -4.02.